The first-order chi connectivity index (χ1) is 21.0. The van der Waals surface area contributed by atoms with Gasteiger partial charge in [-0.25, -0.2) is 0 Å². The van der Waals surface area contributed by atoms with Crippen LogP contribution in [-0.4, -0.2) is 25.2 Å². The van der Waals surface area contributed by atoms with Crippen LogP contribution in [0.2, 0.25) is 0 Å². The predicted molar refractivity (Wildman–Crippen MR) is 185 cm³/mol. The van der Waals surface area contributed by atoms with Gasteiger partial charge in [-0.1, -0.05) is 182 Å². The van der Waals surface area contributed by atoms with E-state index in [2.05, 4.69) is 27.7 Å². The molecule has 1 unspecified atom stereocenters. The van der Waals surface area contributed by atoms with Crippen molar-refractivity contribution < 1.29 is 19.1 Å². The van der Waals surface area contributed by atoms with Crippen LogP contribution in [0.25, 0.3) is 0 Å². The molecule has 0 saturated heterocycles. The molecule has 43 heavy (non-hydrogen) atoms. The van der Waals surface area contributed by atoms with Crippen molar-refractivity contribution in [3.63, 3.8) is 0 Å². The molecular weight excluding hydrogens is 532 g/mol. The van der Waals surface area contributed by atoms with Crippen molar-refractivity contribution >= 4 is 11.9 Å². The van der Waals surface area contributed by atoms with Gasteiger partial charge in [0.05, 0.1) is 19.1 Å². The highest BCUT2D eigenvalue weighted by Crippen LogP contribution is 2.22. The Balaban J connectivity index is 3.44. The maximum atomic E-state index is 12.6. The van der Waals surface area contributed by atoms with Crippen molar-refractivity contribution in [3.05, 3.63) is 0 Å². The van der Waals surface area contributed by atoms with Gasteiger partial charge in [0.15, 0.2) is 0 Å². The molecule has 0 aliphatic heterocycles. The zero-order valence-electron chi connectivity index (χ0n) is 29.7. The molecule has 0 aliphatic carbocycles. The number of carbonyl (C=O) groups is 2. The van der Waals surface area contributed by atoms with Crippen molar-refractivity contribution in [2.24, 2.45) is 11.8 Å². The number of ether oxygens (including phenoxy) is 2. The van der Waals surface area contributed by atoms with Crippen LogP contribution in [0.1, 0.15) is 214 Å². The number of esters is 2. The lowest BCUT2D eigenvalue weighted by molar-refractivity contribution is -0.150. The lowest BCUT2D eigenvalue weighted by Crippen LogP contribution is -2.23. The average molecular weight is 609 g/mol. The average Bonchev–Trinajstić information content (AvgIpc) is 2.99. The van der Waals surface area contributed by atoms with Gasteiger partial charge in [0.1, 0.15) is 0 Å². The summed E-state index contributed by atoms with van der Waals surface area (Å²) in [5.74, 6) is 0.486. The molecule has 0 radical (unpaired) electrons. The summed E-state index contributed by atoms with van der Waals surface area (Å²) in [5, 5.41) is 0. The minimum absolute atomic E-state index is 0.00394. The molecule has 0 N–H and O–H groups in total. The molecule has 4 heteroatoms. The summed E-state index contributed by atoms with van der Waals surface area (Å²) in [6, 6.07) is 0. The summed E-state index contributed by atoms with van der Waals surface area (Å²) in [4.78, 5) is 24.4. The minimum Gasteiger partial charge on any atom is -0.466 e. The van der Waals surface area contributed by atoms with Crippen LogP contribution < -0.4 is 0 Å². The fourth-order valence-corrected chi connectivity index (χ4v) is 5.96. The molecule has 0 aliphatic rings. The van der Waals surface area contributed by atoms with E-state index in [1.807, 2.05) is 0 Å². The first kappa shape index (κ1) is 41.9. The molecule has 0 bridgehead atoms. The third-order valence-electron chi connectivity index (χ3n) is 9.01. The molecule has 0 aromatic heterocycles. The number of rotatable bonds is 34. The summed E-state index contributed by atoms with van der Waals surface area (Å²) in [5.41, 5.74) is 0. The van der Waals surface area contributed by atoms with Gasteiger partial charge in [-0.05, 0) is 31.6 Å². The number of carbonyl (C=O) groups excluding carboxylic acids is 2. The van der Waals surface area contributed by atoms with E-state index in [0.717, 1.165) is 38.5 Å². The molecule has 0 rings (SSSR count). The summed E-state index contributed by atoms with van der Waals surface area (Å²) in [7, 11) is 0. The lowest BCUT2D eigenvalue weighted by Gasteiger charge is -2.19. The Bertz CT molecular complexity index is 588. The Morgan fingerprint density at radius 3 is 1.21 bits per heavy atom. The second kappa shape index (κ2) is 33.8. The van der Waals surface area contributed by atoms with Crippen LogP contribution in [0.3, 0.4) is 0 Å². The van der Waals surface area contributed by atoms with E-state index in [4.69, 9.17) is 9.47 Å². The highest BCUT2D eigenvalue weighted by atomic mass is 16.5. The van der Waals surface area contributed by atoms with Gasteiger partial charge in [-0.15, -0.1) is 0 Å². The van der Waals surface area contributed by atoms with Crippen LogP contribution in [-0.2, 0) is 19.1 Å². The van der Waals surface area contributed by atoms with Gasteiger partial charge in [0.2, 0.25) is 0 Å². The van der Waals surface area contributed by atoms with Crippen LogP contribution >= 0.6 is 0 Å². The maximum absolute atomic E-state index is 12.6. The predicted octanol–water partition coefficient (Wildman–Crippen LogP) is 12.7. The highest BCUT2D eigenvalue weighted by molar-refractivity contribution is 5.72. The highest BCUT2D eigenvalue weighted by Gasteiger charge is 2.23. The van der Waals surface area contributed by atoms with Crippen LogP contribution in [0.15, 0.2) is 0 Å². The van der Waals surface area contributed by atoms with E-state index < -0.39 is 0 Å². The van der Waals surface area contributed by atoms with E-state index >= 15 is 0 Å². The monoisotopic (exact) mass is 609 g/mol. The standard InChI is InChI=1S/C39H76O4/c1-5-7-9-11-26-30-34-42-38(40)33-29-25-23-21-19-17-15-13-14-16-18-20-22-24-28-32-37(36(3)4)39(41)43-35-31-27-12-10-8-6-2/h36-37H,5-35H2,1-4H3. The third-order valence-corrected chi connectivity index (χ3v) is 9.01. The minimum atomic E-state index is 0.00394. The van der Waals surface area contributed by atoms with Gasteiger partial charge in [0.25, 0.3) is 0 Å². The molecule has 0 aromatic rings. The molecular formula is C39H76O4. The van der Waals surface area contributed by atoms with Gasteiger partial charge >= 0.3 is 11.9 Å². The maximum Gasteiger partial charge on any atom is 0.309 e. The van der Waals surface area contributed by atoms with E-state index in [9.17, 15) is 9.59 Å². The summed E-state index contributed by atoms with van der Waals surface area (Å²) in [6.45, 7) is 10.0. The topological polar surface area (TPSA) is 52.6 Å². The van der Waals surface area contributed by atoms with Crippen molar-refractivity contribution in [2.75, 3.05) is 13.2 Å². The van der Waals surface area contributed by atoms with Gasteiger partial charge in [-0.2, -0.15) is 0 Å². The molecule has 0 saturated carbocycles. The quantitative estimate of drug-likeness (QED) is 0.0538. The van der Waals surface area contributed by atoms with Crippen molar-refractivity contribution in [1.29, 1.82) is 0 Å². The van der Waals surface area contributed by atoms with Crippen LogP contribution in [0.5, 0.6) is 0 Å². The second-order valence-corrected chi connectivity index (χ2v) is 13.6. The molecule has 0 heterocycles. The molecule has 1 atom stereocenters. The Morgan fingerprint density at radius 1 is 0.442 bits per heavy atom. The van der Waals surface area contributed by atoms with E-state index in [1.165, 1.54) is 141 Å². The number of unbranched alkanes of at least 4 members (excludes halogenated alkanes) is 24. The second-order valence-electron chi connectivity index (χ2n) is 13.6. The first-order valence-electron chi connectivity index (χ1n) is 19.3. The van der Waals surface area contributed by atoms with Crippen molar-refractivity contribution in [3.8, 4) is 0 Å². The van der Waals surface area contributed by atoms with Crippen LogP contribution in [0.4, 0.5) is 0 Å². The summed E-state index contributed by atoms with van der Waals surface area (Å²) in [6.07, 6.45) is 35.6. The third kappa shape index (κ3) is 30.7. The van der Waals surface area contributed by atoms with Crippen LogP contribution in [0, 0.1) is 11.8 Å². The van der Waals surface area contributed by atoms with E-state index in [1.54, 1.807) is 0 Å². The summed E-state index contributed by atoms with van der Waals surface area (Å²) >= 11 is 0. The lowest BCUT2D eigenvalue weighted by atomic mass is 9.90. The van der Waals surface area contributed by atoms with Gasteiger partial charge < -0.3 is 9.47 Å². The first-order valence-corrected chi connectivity index (χ1v) is 19.3. The molecule has 0 amide bonds. The number of hydrogen-bond acceptors (Lipinski definition) is 4. The van der Waals surface area contributed by atoms with Gasteiger partial charge in [-0.3, -0.25) is 9.59 Å². The zero-order chi connectivity index (χ0) is 31.6. The zero-order valence-corrected chi connectivity index (χ0v) is 29.7. The number of hydrogen-bond donors (Lipinski definition) is 0. The fourth-order valence-electron chi connectivity index (χ4n) is 5.96. The molecule has 4 nitrogen and oxygen atoms in total. The molecule has 0 spiro atoms. The summed E-state index contributed by atoms with van der Waals surface area (Å²) < 4.78 is 11.0. The Hall–Kier alpha value is -1.06. The molecule has 0 aromatic carbocycles. The molecule has 256 valence electrons. The smallest absolute Gasteiger partial charge is 0.309 e. The Kier molecular flexibility index (Phi) is 33.0. The van der Waals surface area contributed by atoms with E-state index in [0.29, 0.717) is 25.6 Å². The Labute approximate surface area is 269 Å². The normalized spacial score (nSPS) is 12.1. The molecule has 0 fully saturated rings. The fraction of sp³-hybridized carbons (Fsp3) is 0.949. The van der Waals surface area contributed by atoms with Gasteiger partial charge in [0, 0.05) is 6.42 Å². The van der Waals surface area contributed by atoms with E-state index in [-0.39, 0.29) is 17.9 Å². The Morgan fingerprint density at radius 2 is 0.791 bits per heavy atom. The SMILES string of the molecule is CCCCCCCCOC(=O)CCCCCCCCCCCCCCCCCC(C(=O)OCCCCCCCC)C(C)C. The van der Waals surface area contributed by atoms with Crippen molar-refractivity contribution in [2.45, 2.75) is 214 Å². The van der Waals surface area contributed by atoms with Crippen molar-refractivity contribution in [1.82, 2.24) is 0 Å². The largest absolute Gasteiger partial charge is 0.466 e.